The molecule has 4 heteroatoms. The number of nitrogens with one attached hydrogen (secondary N) is 1. The van der Waals surface area contributed by atoms with Crippen LogP contribution in [0, 0.1) is 12.7 Å². The van der Waals surface area contributed by atoms with E-state index in [1.54, 1.807) is 6.07 Å². The van der Waals surface area contributed by atoms with Crippen molar-refractivity contribution >= 4 is 0 Å². The first-order valence-corrected chi connectivity index (χ1v) is 5.38. The van der Waals surface area contributed by atoms with Crippen LogP contribution >= 0.6 is 0 Å². The van der Waals surface area contributed by atoms with Crippen LogP contribution in [0.2, 0.25) is 0 Å². The van der Waals surface area contributed by atoms with Crippen LogP contribution in [0.3, 0.4) is 0 Å². The zero-order chi connectivity index (χ0) is 11.7. The van der Waals surface area contributed by atoms with Crippen molar-refractivity contribution in [1.82, 2.24) is 5.32 Å². The van der Waals surface area contributed by atoms with Crippen LogP contribution in [0.5, 0.6) is 0 Å². The minimum Gasteiger partial charge on any atom is -0.316 e. The Bertz CT molecular complexity index is 361. The third-order valence-electron chi connectivity index (χ3n) is 3.11. The molecule has 88 valence electrons. The summed E-state index contributed by atoms with van der Waals surface area (Å²) in [6.07, 6.45) is -1.80. The second-order valence-electron chi connectivity index (χ2n) is 4.22. The number of alkyl halides is 2. The van der Waals surface area contributed by atoms with E-state index in [-0.39, 0.29) is 5.92 Å². The second-order valence-corrected chi connectivity index (χ2v) is 4.22. The Morgan fingerprint density at radius 2 is 2.12 bits per heavy atom. The lowest BCUT2D eigenvalue weighted by atomic mass is 9.94. The molecule has 0 radical (unpaired) electrons. The summed E-state index contributed by atoms with van der Waals surface area (Å²) in [5, 5.41) is 3.18. The number of hydrogen-bond acceptors (Lipinski definition) is 1. The van der Waals surface area contributed by atoms with Crippen LogP contribution < -0.4 is 5.32 Å². The van der Waals surface area contributed by atoms with E-state index < -0.39 is 17.8 Å². The van der Waals surface area contributed by atoms with Crippen molar-refractivity contribution in [2.24, 2.45) is 0 Å². The summed E-state index contributed by atoms with van der Waals surface area (Å²) in [5.74, 6) is -0.531. The van der Waals surface area contributed by atoms with Crippen molar-refractivity contribution in [2.75, 3.05) is 13.1 Å². The van der Waals surface area contributed by atoms with E-state index in [0.29, 0.717) is 5.56 Å². The summed E-state index contributed by atoms with van der Waals surface area (Å²) in [5.41, 5.74) is 0.705. The van der Waals surface area contributed by atoms with Gasteiger partial charge in [-0.25, -0.2) is 13.2 Å². The molecule has 1 atom stereocenters. The smallest absolute Gasteiger partial charge is 0.266 e. The van der Waals surface area contributed by atoms with Crippen molar-refractivity contribution in [1.29, 1.82) is 0 Å². The van der Waals surface area contributed by atoms with E-state index in [4.69, 9.17) is 0 Å². The van der Waals surface area contributed by atoms with Gasteiger partial charge in [0.1, 0.15) is 5.82 Å². The first-order valence-electron chi connectivity index (χ1n) is 5.38. The Balaban J connectivity index is 2.36. The van der Waals surface area contributed by atoms with Crippen LogP contribution in [-0.4, -0.2) is 13.1 Å². The standard InChI is InChI=1S/C12H14F3N/c1-7-4-9(8-2-3-16-6-8)5-10(13)11(7)12(14)15/h4-5,8,12,16H,2-3,6H2,1H3. The number of benzene rings is 1. The van der Waals surface area contributed by atoms with Crippen molar-refractivity contribution in [3.05, 3.63) is 34.6 Å². The Kier molecular flexibility index (Phi) is 3.19. The monoisotopic (exact) mass is 229 g/mol. The number of hydrogen-bond donors (Lipinski definition) is 1. The molecular weight excluding hydrogens is 215 g/mol. The average molecular weight is 229 g/mol. The number of rotatable bonds is 2. The van der Waals surface area contributed by atoms with Gasteiger partial charge in [-0.15, -0.1) is 0 Å². The van der Waals surface area contributed by atoms with Gasteiger partial charge < -0.3 is 5.32 Å². The van der Waals surface area contributed by atoms with Gasteiger partial charge in [-0.1, -0.05) is 6.07 Å². The van der Waals surface area contributed by atoms with E-state index in [9.17, 15) is 13.2 Å². The van der Waals surface area contributed by atoms with E-state index in [0.717, 1.165) is 25.1 Å². The summed E-state index contributed by atoms with van der Waals surface area (Å²) in [4.78, 5) is 0. The molecule has 1 aliphatic rings. The third-order valence-corrected chi connectivity index (χ3v) is 3.11. The van der Waals surface area contributed by atoms with Crippen LogP contribution in [0.15, 0.2) is 12.1 Å². The van der Waals surface area contributed by atoms with E-state index >= 15 is 0 Å². The normalized spacial score (nSPS) is 20.7. The van der Waals surface area contributed by atoms with Gasteiger partial charge in [0.15, 0.2) is 0 Å². The fourth-order valence-corrected chi connectivity index (χ4v) is 2.23. The van der Waals surface area contributed by atoms with Crippen LogP contribution in [0.4, 0.5) is 13.2 Å². The highest BCUT2D eigenvalue weighted by molar-refractivity contribution is 5.35. The Morgan fingerprint density at radius 3 is 2.62 bits per heavy atom. The van der Waals surface area contributed by atoms with Crippen LogP contribution in [0.1, 0.15) is 35.5 Å². The van der Waals surface area contributed by atoms with Gasteiger partial charge >= 0.3 is 0 Å². The van der Waals surface area contributed by atoms with Gasteiger partial charge in [-0.05, 0) is 43.0 Å². The predicted molar refractivity (Wildman–Crippen MR) is 56.3 cm³/mol. The van der Waals surface area contributed by atoms with Gasteiger partial charge in [0.2, 0.25) is 0 Å². The van der Waals surface area contributed by atoms with Gasteiger partial charge in [0.25, 0.3) is 6.43 Å². The summed E-state index contributed by atoms with van der Waals surface area (Å²) in [6.45, 7) is 3.24. The minimum atomic E-state index is -2.74. The molecule has 1 aromatic rings. The zero-order valence-electron chi connectivity index (χ0n) is 9.06. The van der Waals surface area contributed by atoms with Gasteiger partial charge in [-0.2, -0.15) is 0 Å². The van der Waals surface area contributed by atoms with Gasteiger partial charge in [0.05, 0.1) is 5.56 Å². The lowest BCUT2D eigenvalue weighted by Gasteiger charge is -2.13. The third kappa shape index (κ3) is 2.07. The molecule has 1 fully saturated rings. The highest BCUT2D eigenvalue weighted by Crippen LogP contribution is 2.30. The Morgan fingerprint density at radius 1 is 1.38 bits per heavy atom. The van der Waals surface area contributed by atoms with E-state index in [2.05, 4.69) is 5.32 Å². The maximum atomic E-state index is 13.5. The molecule has 0 bridgehead atoms. The first-order chi connectivity index (χ1) is 7.59. The van der Waals surface area contributed by atoms with Crippen molar-refractivity contribution in [3.8, 4) is 0 Å². The van der Waals surface area contributed by atoms with E-state index in [1.165, 1.54) is 13.0 Å². The molecule has 1 aliphatic heterocycles. The maximum Gasteiger partial charge on any atom is 0.266 e. The predicted octanol–water partition coefficient (Wildman–Crippen LogP) is 3.15. The molecule has 16 heavy (non-hydrogen) atoms. The molecule has 1 N–H and O–H groups in total. The summed E-state index contributed by atoms with van der Waals surface area (Å²) < 4.78 is 38.6. The van der Waals surface area contributed by atoms with Gasteiger partial charge in [0, 0.05) is 6.54 Å². The molecule has 0 amide bonds. The maximum absolute atomic E-state index is 13.5. The first kappa shape index (κ1) is 11.5. The summed E-state index contributed by atoms with van der Waals surface area (Å²) >= 11 is 0. The lowest BCUT2D eigenvalue weighted by molar-refractivity contribution is 0.145. The van der Waals surface area contributed by atoms with Gasteiger partial charge in [-0.3, -0.25) is 0 Å². The molecule has 1 nitrogen and oxygen atoms in total. The topological polar surface area (TPSA) is 12.0 Å². The largest absolute Gasteiger partial charge is 0.316 e. The molecule has 0 aliphatic carbocycles. The molecule has 1 aromatic carbocycles. The Hall–Kier alpha value is -1.03. The van der Waals surface area contributed by atoms with Crippen LogP contribution in [0.25, 0.3) is 0 Å². The van der Waals surface area contributed by atoms with Crippen molar-refractivity contribution in [2.45, 2.75) is 25.7 Å². The van der Waals surface area contributed by atoms with Crippen molar-refractivity contribution < 1.29 is 13.2 Å². The number of aryl methyl sites for hydroxylation is 1. The molecule has 1 unspecified atom stereocenters. The summed E-state index contributed by atoms with van der Waals surface area (Å²) in [7, 11) is 0. The SMILES string of the molecule is Cc1cc(C2CCNC2)cc(F)c1C(F)F. The molecule has 1 heterocycles. The van der Waals surface area contributed by atoms with E-state index in [1.807, 2.05) is 0 Å². The fourth-order valence-electron chi connectivity index (χ4n) is 2.23. The Labute approximate surface area is 92.7 Å². The fraction of sp³-hybridized carbons (Fsp3) is 0.500. The summed E-state index contributed by atoms with van der Waals surface area (Å²) in [6, 6.07) is 2.94. The molecule has 0 saturated carbocycles. The second kappa shape index (κ2) is 4.45. The molecule has 2 rings (SSSR count). The number of halogens is 3. The zero-order valence-corrected chi connectivity index (χ0v) is 9.06. The molecule has 1 saturated heterocycles. The molecular formula is C12H14F3N. The lowest BCUT2D eigenvalue weighted by Crippen LogP contribution is -2.09. The quantitative estimate of drug-likeness (QED) is 0.821. The average Bonchev–Trinajstić information content (AvgIpc) is 2.67. The molecule has 0 spiro atoms. The van der Waals surface area contributed by atoms with Crippen LogP contribution in [-0.2, 0) is 0 Å². The minimum absolute atomic E-state index is 0.250. The highest BCUT2D eigenvalue weighted by Gasteiger charge is 2.22. The molecule has 0 aromatic heterocycles. The highest BCUT2D eigenvalue weighted by atomic mass is 19.3. The van der Waals surface area contributed by atoms with Crippen molar-refractivity contribution in [3.63, 3.8) is 0 Å².